The van der Waals surface area contributed by atoms with Gasteiger partial charge in [0.1, 0.15) is 6.04 Å². The lowest BCUT2D eigenvalue weighted by Crippen LogP contribution is -2.48. The van der Waals surface area contributed by atoms with Crippen LogP contribution in [0.3, 0.4) is 0 Å². The summed E-state index contributed by atoms with van der Waals surface area (Å²) >= 11 is 0. The highest BCUT2D eigenvalue weighted by atomic mass is 16.4. The lowest BCUT2D eigenvalue weighted by molar-refractivity contribution is -0.152. The molecule has 0 aromatic heterocycles. The third-order valence-electron chi connectivity index (χ3n) is 2.66. The maximum absolute atomic E-state index is 11.6. The van der Waals surface area contributed by atoms with Crippen LogP contribution < -0.4 is 0 Å². The van der Waals surface area contributed by atoms with Gasteiger partial charge in [-0.1, -0.05) is 0 Å². The number of likely N-dealkylation sites (tertiary alicyclic amines) is 1. The fourth-order valence-electron chi connectivity index (χ4n) is 1.84. The summed E-state index contributed by atoms with van der Waals surface area (Å²) in [6, 6.07) is -0.782. The smallest absolute Gasteiger partial charge is 0.326 e. The average Bonchev–Trinajstić information content (AvgIpc) is 2.25. The molecule has 0 aliphatic carbocycles. The molecular formula is C10H15NO5. The van der Waals surface area contributed by atoms with E-state index in [0.717, 1.165) is 12.8 Å². The third-order valence-corrected chi connectivity index (χ3v) is 2.66. The van der Waals surface area contributed by atoms with Gasteiger partial charge in [-0.15, -0.1) is 0 Å². The predicted molar refractivity (Wildman–Crippen MR) is 53.9 cm³/mol. The van der Waals surface area contributed by atoms with E-state index in [9.17, 15) is 14.4 Å². The van der Waals surface area contributed by atoms with Crippen molar-refractivity contribution >= 4 is 17.8 Å². The predicted octanol–water partition coefficient (Wildman–Crippen LogP) is 0.317. The van der Waals surface area contributed by atoms with Crippen LogP contribution in [-0.2, 0) is 14.4 Å². The molecule has 0 radical (unpaired) electrons. The van der Waals surface area contributed by atoms with Crippen LogP contribution >= 0.6 is 0 Å². The van der Waals surface area contributed by atoms with Gasteiger partial charge in [0.15, 0.2) is 0 Å². The minimum absolute atomic E-state index is 0.126. The van der Waals surface area contributed by atoms with Gasteiger partial charge in [0.25, 0.3) is 0 Å². The molecule has 0 aromatic carbocycles. The van der Waals surface area contributed by atoms with Crippen LogP contribution in [-0.4, -0.2) is 45.5 Å². The van der Waals surface area contributed by atoms with Crippen LogP contribution in [0, 0.1) is 0 Å². The van der Waals surface area contributed by atoms with Crippen molar-refractivity contribution < 1.29 is 24.6 Å². The number of aliphatic carboxylic acids is 2. The van der Waals surface area contributed by atoms with Gasteiger partial charge in [-0.25, -0.2) is 4.79 Å². The largest absolute Gasteiger partial charge is 0.481 e. The zero-order valence-electron chi connectivity index (χ0n) is 8.89. The number of hydrogen-bond donors (Lipinski definition) is 2. The molecule has 1 aliphatic rings. The number of amides is 1. The molecule has 0 aromatic rings. The molecule has 16 heavy (non-hydrogen) atoms. The van der Waals surface area contributed by atoms with Gasteiger partial charge < -0.3 is 15.1 Å². The SMILES string of the molecule is O=C(O)CCC(=O)N1CCCCC1C(=O)O. The number of carboxylic acid groups (broad SMARTS) is 2. The summed E-state index contributed by atoms with van der Waals surface area (Å²) in [5, 5.41) is 17.4. The first-order chi connectivity index (χ1) is 7.52. The maximum atomic E-state index is 11.6. The quantitative estimate of drug-likeness (QED) is 0.723. The highest BCUT2D eigenvalue weighted by Crippen LogP contribution is 2.18. The van der Waals surface area contributed by atoms with Crippen LogP contribution in [0.15, 0.2) is 0 Å². The molecule has 1 atom stereocenters. The van der Waals surface area contributed by atoms with E-state index in [4.69, 9.17) is 10.2 Å². The summed E-state index contributed by atoms with van der Waals surface area (Å²) in [6.45, 7) is 0.412. The van der Waals surface area contributed by atoms with Crippen LogP contribution in [0.1, 0.15) is 32.1 Å². The monoisotopic (exact) mass is 229 g/mol. The topological polar surface area (TPSA) is 94.9 Å². The molecule has 0 spiro atoms. The molecule has 1 aliphatic heterocycles. The van der Waals surface area contributed by atoms with Crippen molar-refractivity contribution in [2.24, 2.45) is 0 Å². The first-order valence-corrected chi connectivity index (χ1v) is 5.26. The molecule has 1 saturated heterocycles. The van der Waals surface area contributed by atoms with Gasteiger partial charge in [0, 0.05) is 13.0 Å². The minimum atomic E-state index is -1.04. The maximum Gasteiger partial charge on any atom is 0.326 e. The van der Waals surface area contributed by atoms with Crippen molar-refractivity contribution in [1.29, 1.82) is 0 Å². The van der Waals surface area contributed by atoms with Gasteiger partial charge in [0.05, 0.1) is 6.42 Å². The molecule has 6 heteroatoms. The molecule has 90 valence electrons. The van der Waals surface area contributed by atoms with Crippen LogP contribution in [0.5, 0.6) is 0 Å². The number of hydrogen-bond acceptors (Lipinski definition) is 3. The van der Waals surface area contributed by atoms with Crippen LogP contribution in [0.2, 0.25) is 0 Å². The summed E-state index contributed by atoms with van der Waals surface area (Å²) in [7, 11) is 0. The van der Waals surface area contributed by atoms with E-state index < -0.39 is 18.0 Å². The summed E-state index contributed by atoms with van der Waals surface area (Å²) in [5.41, 5.74) is 0. The van der Waals surface area contributed by atoms with Gasteiger partial charge in [0.2, 0.25) is 5.91 Å². The molecule has 0 bridgehead atoms. The van der Waals surface area contributed by atoms with Crippen molar-refractivity contribution in [2.75, 3.05) is 6.54 Å². The fraction of sp³-hybridized carbons (Fsp3) is 0.700. The molecule has 1 fully saturated rings. The summed E-state index contributed by atoms with van der Waals surface area (Å²) in [5.74, 6) is -2.44. The molecule has 2 N–H and O–H groups in total. The number of nitrogens with zero attached hydrogens (tertiary/aromatic N) is 1. The molecule has 1 heterocycles. The number of carboxylic acids is 2. The van der Waals surface area contributed by atoms with E-state index in [2.05, 4.69) is 0 Å². The first-order valence-electron chi connectivity index (χ1n) is 5.26. The highest BCUT2D eigenvalue weighted by Gasteiger charge is 2.31. The van der Waals surface area contributed by atoms with Crippen molar-refractivity contribution in [2.45, 2.75) is 38.1 Å². The fourth-order valence-corrected chi connectivity index (χ4v) is 1.84. The van der Waals surface area contributed by atoms with Gasteiger partial charge >= 0.3 is 11.9 Å². The van der Waals surface area contributed by atoms with Crippen molar-refractivity contribution in [3.05, 3.63) is 0 Å². The summed E-state index contributed by atoms with van der Waals surface area (Å²) in [4.78, 5) is 34.1. The molecule has 0 saturated carbocycles. The number of rotatable bonds is 4. The molecule has 1 amide bonds. The molecular weight excluding hydrogens is 214 g/mol. The Morgan fingerprint density at radius 3 is 2.38 bits per heavy atom. The minimum Gasteiger partial charge on any atom is -0.481 e. The molecule has 1 rings (SSSR count). The lowest BCUT2D eigenvalue weighted by atomic mass is 10.0. The van der Waals surface area contributed by atoms with Gasteiger partial charge in [-0.2, -0.15) is 0 Å². The Balaban J connectivity index is 2.57. The Kier molecular flexibility index (Phi) is 4.28. The summed E-state index contributed by atoms with van der Waals surface area (Å²) in [6.07, 6.45) is 1.65. The van der Waals surface area contributed by atoms with Crippen LogP contribution in [0.25, 0.3) is 0 Å². The van der Waals surface area contributed by atoms with Crippen molar-refractivity contribution in [3.63, 3.8) is 0 Å². The number of carbonyl (C=O) groups excluding carboxylic acids is 1. The molecule has 6 nitrogen and oxygen atoms in total. The van der Waals surface area contributed by atoms with Crippen molar-refractivity contribution in [1.82, 2.24) is 4.90 Å². The Hall–Kier alpha value is -1.59. The van der Waals surface area contributed by atoms with E-state index in [0.29, 0.717) is 13.0 Å². The number of piperidine rings is 1. The second-order valence-corrected chi connectivity index (χ2v) is 3.83. The zero-order chi connectivity index (χ0) is 12.1. The second-order valence-electron chi connectivity index (χ2n) is 3.83. The number of carbonyl (C=O) groups is 3. The van der Waals surface area contributed by atoms with E-state index in [1.165, 1.54) is 4.90 Å². The average molecular weight is 229 g/mol. The lowest BCUT2D eigenvalue weighted by Gasteiger charge is -2.32. The van der Waals surface area contributed by atoms with Crippen molar-refractivity contribution in [3.8, 4) is 0 Å². The Bertz CT molecular complexity index is 302. The summed E-state index contributed by atoms with van der Waals surface area (Å²) < 4.78 is 0. The Labute approximate surface area is 92.9 Å². The van der Waals surface area contributed by atoms with Crippen LogP contribution in [0.4, 0.5) is 0 Å². The Morgan fingerprint density at radius 2 is 1.81 bits per heavy atom. The second kappa shape index (κ2) is 5.48. The third kappa shape index (κ3) is 3.22. The van der Waals surface area contributed by atoms with E-state index >= 15 is 0 Å². The van der Waals surface area contributed by atoms with Gasteiger partial charge in [-0.3, -0.25) is 9.59 Å². The zero-order valence-corrected chi connectivity index (χ0v) is 8.89. The highest BCUT2D eigenvalue weighted by molar-refractivity contribution is 5.85. The van der Waals surface area contributed by atoms with E-state index in [1.807, 2.05) is 0 Å². The van der Waals surface area contributed by atoms with Gasteiger partial charge in [-0.05, 0) is 19.3 Å². The van der Waals surface area contributed by atoms with E-state index in [1.54, 1.807) is 0 Å². The molecule has 1 unspecified atom stereocenters. The van der Waals surface area contributed by atoms with E-state index in [-0.39, 0.29) is 18.7 Å². The standard InChI is InChI=1S/C10H15NO5/c12-8(4-5-9(13)14)11-6-2-1-3-7(11)10(15)16/h7H,1-6H2,(H,13,14)(H,15,16). The Morgan fingerprint density at radius 1 is 1.12 bits per heavy atom. The normalized spacial score (nSPS) is 20.5. The first kappa shape index (κ1) is 12.5.